The monoisotopic (exact) mass is 344 g/mol. The largest absolute Gasteiger partial charge is 0.494 e. The molecule has 5 nitrogen and oxygen atoms in total. The van der Waals surface area contributed by atoms with Crippen LogP contribution in [0.1, 0.15) is 12.5 Å². The quantitative estimate of drug-likeness (QED) is 0.548. The summed E-state index contributed by atoms with van der Waals surface area (Å²) in [6, 6.07) is 14.1. The zero-order chi connectivity index (χ0) is 16.9. The second-order valence-electron chi connectivity index (χ2n) is 5.01. The van der Waals surface area contributed by atoms with E-state index in [1.807, 2.05) is 31.2 Å². The van der Waals surface area contributed by atoms with Crippen LogP contribution < -0.4 is 10.6 Å². The summed E-state index contributed by atoms with van der Waals surface area (Å²) < 4.78 is 20.5. The summed E-state index contributed by atoms with van der Waals surface area (Å²) in [7, 11) is 0. The topological polar surface area (TPSA) is 66.0 Å². The Balaban J connectivity index is 1.75. The second kappa shape index (κ2) is 7.35. The average Bonchev–Trinajstić information content (AvgIpc) is 2.96. The maximum absolute atomic E-state index is 13.7. The highest BCUT2D eigenvalue weighted by Gasteiger charge is 2.13. The molecule has 0 bridgehead atoms. The van der Waals surface area contributed by atoms with Crippen molar-refractivity contribution >= 4 is 11.8 Å². The van der Waals surface area contributed by atoms with Gasteiger partial charge >= 0.3 is 0 Å². The van der Waals surface area contributed by atoms with Gasteiger partial charge in [-0.3, -0.25) is 0 Å². The van der Waals surface area contributed by atoms with Gasteiger partial charge in [0.05, 0.1) is 6.61 Å². The van der Waals surface area contributed by atoms with Crippen molar-refractivity contribution in [1.29, 1.82) is 0 Å². The number of hydrogen-bond donors (Lipinski definition) is 1. The number of nitrogens with two attached hydrogens (primary N) is 1. The molecule has 0 aliphatic carbocycles. The highest BCUT2D eigenvalue weighted by molar-refractivity contribution is 7.98. The first-order valence-electron chi connectivity index (χ1n) is 7.49. The van der Waals surface area contributed by atoms with Crippen LogP contribution >= 0.6 is 11.8 Å². The fourth-order valence-electron chi connectivity index (χ4n) is 2.20. The van der Waals surface area contributed by atoms with Gasteiger partial charge in [-0.05, 0) is 42.8 Å². The van der Waals surface area contributed by atoms with Gasteiger partial charge in [0.25, 0.3) is 0 Å². The fraction of sp³-hybridized carbons (Fsp3) is 0.176. The molecule has 3 rings (SSSR count). The van der Waals surface area contributed by atoms with Gasteiger partial charge in [-0.2, -0.15) is 0 Å². The standard InChI is InChI=1S/C17H17FN4OS/c1-2-23-14-9-7-12(8-10-14)16-20-21-17(22(16)19)24-11-13-5-3-4-6-15(13)18/h3-10H,2,11,19H2,1H3. The molecule has 0 spiro atoms. The molecular weight excluding hydrogens is 327 g/mol. The van der Waals surface area contributed by atoms with E-state index in [1.54, 1.807) is 18.2 Å². The molecule has 1 heterocycles. The molecule has 0 unspecified atom stereocenters. The number of rotatable bonds is 6. The number of benzene rings is 2. The maximum Gasteiger partial charge on any atom is 0.210 e. The number of nitrogen functional groups attached to an aromatic ring is 1. The third-order valence-corrected chi connectivity index (χ3v) is 4.39. The Kier molecular flexibility index (Phi) is 5.00. The van der Waals surface area contributed by atoms with Crippen molar-refractivity contribution in [2.75, 3.05) is 12.4 Å². The van der Waals surface area contributed by atoms with Crippen LogP contribution in [0.3, 0.4) is 0 Å². The first kappa shape index (κ1) is 16.3. The summed E-state index contributed by atoms with van der Waals surface area (Å²) in [6.45, 7) is 2.55. The Morgan fingerprint density at radius 3 is 2.58 bits per heavy atom. The van der Waals surface area contributed by atoms with Gasteiger partial charge < -0.3 is 10.6 Å². The van der Waals surface area contributed by atoms with Crippen molar-refractivity contribution in [3.05, 3.63) is 59.9 Å². The molecule has 0 fully saturated rings. The van der Waals surface area contributed by atoms with Gasteiger partial charge in [-0.1, -0.05) is 30.0 Å². The molecule has 0 saturated heterocycles. The Morgan fingerprint density at radius 1 is 1.12 bits per heavy atom. The lowest BCUT2D eigenvalue weighted by molar-refractivity contribution is 0.340. The summed E-state index contributed by atoms with van der Waals surface area (Å²) in [5.41, 5.74) is 1.44. The lowest BCUT2D eigenvalue weighted by atomic mass is 10.2. The van der Waals surface area contributed by atoms with E-state index in [0.717, 1.165) is 11.3 Å². The number of aromatic nitrogens is 3. The van der Waals surface area contributed by atoms with Crippen molar-refractivity contribution in [2.45, 2.75) is 17.8 Å². The summed E-state index contributed by atoms with van der Waals surface area (Å²) in [6.07, 6.45) is 0. The minimum absolute atomic E-state index is 0.236. The van der Waals surface area contributed by atoms with Crippen LogP contribution in [-0.4, -0.2) is 21.5 Å². The summed E-state index contributed by atoms with van der Waals surface area (Å²) in [5.74, 6) is 7.62. The van der Waals surface area contributed by atoms with Crippen LogP contribution in [0, 0.1) is 5.82 Å². The van der Waals surface area contributed by atoms with Gasteiger partial charge in [-0.15, -0.1) is 10.2 Å². The van der Waals surface area contributed by atoms with Gasteiger partial charge in [0.2, 0.25) is 5.16 Å². The Bertz CT molecular complexity index is 820. The molecule has 1 aromatic heterocycles. The molecule has 0 radical (unpaired) electrons. The SMILES string of the molecule is CCOc1ccc(-c2nnc(SCc3ccccc3F)n2N)cc1. The molecule has 7 heteroatoms. The zero-order valence-corrected chi connectivity index (χ0v) is 14.0. The number of nitrogens with zero attached hydrogens (tertiary/aromatic N) is 3. The molecule has 3 aromatic rings. The van der Waals surface area contributed by atoms with E-state index in [0.29, 0.717) is 28.9 Å². The van der Waals surface area contributed by atoms with Gasteiger partial charge in [-0.25, -0.2) is 9.07 Å². The molecule has 124 valence electrons. The molecule has 24 heavy (non-hydrogen) atoms. The van der Waals surface area contributed by atoms with Gasteiger partial charge in [0, 0.05) is 11.3 Å². The van der Waals surface area contributed by atoms with E-state index in [-0.39, 0.29) is 5.82 Å². The zero-order valence-electron chi connectivity index (χ0n) is 13.1. The van der Waals surface area contributed by atoms with E-state index in [9.17, 15) is 4.39 Å². The van der Waals surface area contributed by atoms with Crippen molar-refractivity contribution in [1.82, 2.24) is 14.9 Å². The smallest absolute Gasteiger partial charge is 0.210 e. The highest BCUT2D eigenvalue weighted by Crippen LogP contribution is 2.26. The van der Waals surface area contributed by atoms with Crippen LogP contribution in [0.15, 0.2) is 53.7 Å². The highest BCUT2D eigenvalue weighted by atomic mass is 32.2. The number of hydrogen-bond acceptors (Lipinski definition) is 5. The van der Waals surface area contributed by atoms with Gasteiger partial charge in [0.1, 0.15) is 11.6 Å². The Labute approximate surface area is 143 Å². The second-order valence-corrected chi connectivity index (χ2v) is 5.96. The lowest BCUT2D eigenvalue weighted by Gasteiger charge is -2.06. The third-order valence-electron chi connectivity index (χ3n) is 3.40. The van der Waals surface area contributed by atoms with Gasteiger partial charge in [0.15, 0.2) is 5.82 Å². The summed E-state index contributed by atoms with van der Waals surface area (Å²) in [4.78, 5) is 0. The third kappa shape index (κ3) is 3.51. The van der Waals surface area contributed by atoms with E-state index in [1.165, 1.54) is 22.5 Å². The summed E-state index contributed by atoms with van der Waals surface area (Å²) >= 11 is 1.34. The minimum Gasteiger partial charge on any atom is -0.494 e. The molecule has 2 N–H and O–H groups in total. The molecule has 2 aromatic carbocycles. The molecule has 0 aliphatic rings. The predicted molar refractivity (Wildman–Crippen MR) is 92.7 cm³/mol. The Hall–Kier alpha value is -2.54. The molecule has 0 saturated carbocycles. The normalized spacial score (nSPS) is 10.8. The first-order valence-corrected chi connectivity index (χ1v) is 8.47. The van der Waals surface area contributed by atoms with Crippen molar-refractivity contribution < 1.29 is 9.13 Å². The van der Waals surface area contributed by atoms with Crippen LogP contribution in [-0.2, 0) is 5.75 Å². The maximum atomic E-state index is 13.7. The molecule has 0 aliphatic heterocycles. The molecule has 0 amide bonds. The van der Waals surface area contributed by atoms with E-state index in [4.69, 9.17) is 10.6 Å². The van der Waals surface area contributed by atoms with Crippen molar-refractivity contribution in [3.8, 4) is 17.1 Å². The molecule has 0 atom stereocenters. The molecular formula is C17H17FN4OS. The minimum atomic E-state index is -0.236. The average molecular weight is 344 g/mol. The summed E-state index contributed by atoms with van der Waals surface area (Å²) in [5, 5.41) is 8.75. The Morgan fingerprint density at radius 2 is 1.88 bits per heavy atom. The van der Waals surface area contributed by atoms with Crippen molar-refractivity contribution in [2.24, 2.45) is 0 Å². The number of thioether (sulfide) groups is 1. The number of halogens is 1. The van der Waals surface area contributed by atoms with Crippen LogP contribution in [0.4, 0.5) is 4.39 Å². The van der Waals surface area contributed by atoms with Crippen LogP contribution in [0.25, 0.3) is 11.4 Å². The lowest BCUT2D eigenvalue weighted by Crippen LogP contribution is -2.11. The van der Waals surface area contributed by atoms with E-state index in [2.05, 4.69) is 10.2 Å². The van der Waals surface area contributed by atoms with E-state index < -0.39 is 0 Å². The van der Waals surface area contributed by atoms with Crippen molar-refractivity contribution in [3.63, 3.8) is 0 Å². The number of ether oxygens (including phenoxy) is 1. The van der Waals surface area contributed by atoms with Crippen LogP contribution in [0.5, 0.6) is 5.75 Å². The first-order chi connectivity index (χ1) is 11.7. The van der Waals surface area contributed by atoms with E-state index >= 15 is 0 Å². The predicted octanol–water partition coefficient (Wildman–Crippen LogP) is 3.49. The fourth-order valence-corrected chi connectivity index (χ4v) is 3.04. The van der Waals surface area contributed by atoms with Crippen LogP contribution in [0.2, 0.25) is 0 Å².